The molecule has 1 N–H and O–H groups in total. The summed E-state index contributed by atoms with van der Waals surface area (Å²) in [5.41, 5.74) is 5.62. The van der Waals surface area contributed by atoms with Crippen molar-refractivity contribution in [2.75, 3.05) is 0 Å². The number of benzene rings is 2. The van der Waals surface area contributed by atoms with Crippen LogP contribution in [0.3, 0.4) is 0 Å². The Morgan fingerprint density at radius 3 is 2.55 bits per heavy atom. The Balaban J connectivity index is 2.40. The molecule has 0 fully saturated rings. The summed E-state index contributed by atoms with van der Waals surface area (Å²) in [5, 5.41) is 1.62. The third kappa shape index (κ3) is 1.84. The average molecular weight is 284 g/mol. The van der Waals surface area contributed by atoms with Crippen LogP contribution in [-0.4, -0.2) is 11.3 Å². The molecule has 0 atom stereocenters. The van der Waals surface area contributed by atoms with Gasteiger partial charge >= 0.3 is 0 Å². The Labute approximate surface area is 122 Å². The summed E-state index contributed by atoms with van der Waals surface area (Å²) in [7, 11) is 0. The number of carbonyl (C=O) groups excluding carboxylic acids is 1. The SMILES string of the molecule is Cc1ccccc1-c1[nH]c2c(C)c(Cl)ccc2c1C=O. The number of carbonyl (C=O) groups is 1. The monoisotopic (exact) mass is 283 g/mol. The predicted molar refractivity (Wildman–Crippen MR) is 83.6 cm³/mol. The first kappa shape index (κ1) is 12.9. The van der Waals surface area contributed by atoms with Crippen molar-refractivity contribution < 1.29 is 4.79 Å². The van der Waals surface area contributed by atoms with E-state index in [0.717, 1.165) is 39.6 Å². The van der Waals surface area contributed by atoms with E-state index in [-0.39, 0.29) is 0 Å². The van der Waals surface area contributed by atoms with Gasteiger partial charge in [-0.25, -0.2) is 0 Å². The van der Waals surface area contributed by atoms with Gasteiger partial charge in [0, 0.05) is 21.5 Å². The summed E-state index contributed by atoms with van der Waals surface area (Å²) in [6, 6.07) is 11.8. The molecular weight excluding hydrogens is 270 g/mol. The lowest BCUT2D eigenvalue weighted by Crippen LogP contribution is -1.87. The molecule has 0 aliphatic rings. The van der Waals surface area contributed by atoms with E-state index in [9.17, 15) is 4.79 Å². The first-order valence-corrected chi connectivity index (χ1v) is 6.83. The molecule has 3 rings (SSSR count). The maximum absolute atomic E-state index is 11.5. The van der Waals surface area contributed by atoms with Crippen molar-refractivity contribution in [1.82, 2.24) is 4.98 Å². The molecule has 100 valence electrons. The van der Waals surface area contributed by atoms with Crippen LogP contribution in [0.25, 0.3) is 22.2 Å². The first-order chi connectivity index (χ1) is 9.63. The molecule has 3 aromatic rings. The summed E-state index contributed by atoms with van der Waals surface area (Å²) < 4.78 is 0. The number of fused-ring (bicyclic) bond motifs is 1. The number of rotatable bonds is 2. The van der Waals surface area contributed by atoms with E-state index in [4.69, 9.17) is 11.6 Å². The number of hydrogen-bond donors (Lipinski definition) is 1. The summed E-state index contributed by atoms with van der Waals surface area (Å²) in [6.07, 6.45) is 0.911. The number of aryl methyl sites for hydroxylation is 2. The predicted octanol–water partition coefficient (Wildman–Crippen LogP) is 4.92. The zero-order chi connectivity index (χ0) is 14.3. The van der Waals surface area contributed by atoms with Crippen LogP contribution in [0.1, 0.15) is 21.5 Å². The van der Waals surface area contributed by atoms with Crippen molar-refractivity contribution in [3.8, 4) is 11.3 Å². The Morgan fingerprint density at radius 2 is 1.85 bits per heavy atom. The molecule has 0 saturated heterocycles. The van der Waals surface area contributed by atoms with Crippen LogP contribution < -0.4 is 0 Å². The van der Waals surface area contributed by atoms with Crippen LogP contribution in [0, 0.1) is 13.8 Å². The van der Waals surface area contributed by atoms with Gasteiger partial charge in [-0.3, -0.25) is 4.79 Å². The number of aromatic nitrogens is 1. The van der Waals surface area contributed by atoms with Gasteiger partial charge in [-0.1, -0.05) is 41.9 Å². The summed E-state index contributed by atoms with van der Waals surface area (Å²) in [5.74, 6) is 0. The van der Waals surface area contributed by atoms with Crippen LogP contribution in [0.5, 0.6) is 0 Å². The van der Waals surface area contributed by atoms with Crippen molar-refractivity contribution in [2.45, 2.75) is 13.8 Å². The number of halogens is 1. The second-order valence-electron chi connectivity index (χ2n) is 4.94. The highest BCUT2D eigenvalue weighted by Crippen LogP contribution is 2.34. The minimum Gasteiger partial charge on any atom is -0.354 e. The molecule has 0 amide bonds. The molecular formula is C17H14ClNO. The van der Waals surface area contributed by atoms with Gasteiger partial charge in [0.1, 0.15) is 0 Å². The fraction of sp³-hybridized carbons (Fsp3) is 0.118. The van der Waals surface area contributed by atoms with Crippen LogP contribution in [0.4, 0.5) is 0 Å². The molecule has 1 heterocycles. The minimum absolute atomic E-state index is 0.689. The first-order valence-electron chi connectivity index (χ1n) is 6.45. The minimum atomic E-state index is 0.689. The third-order valence-corrected chi connectivity index (χ3v) is 4.15. The van der Waals surface area contributed by atoms with Gasteiger partial charge < -0.3 is 4.98 Å². The largest absolute Gasteiger partial charge is 0.354 e. The van der Waals surface area contributed by atoms with Gasteiger partial charge in [-0.05, 0) is 31.0 Å². The van der Waals surface area contributed by atoms with E-state index in [1.165, 1.54) is 0 Å². The highest BCUT2D eigenvalue weighted by molar-refractivity contribution is 6.32. The third-order valence-electron chi connectivity index (χ3n) is 3.74. The quantitative estimate of drug-likeness (QED) is 0.666. The van der Waals surface area contributed by atoms with E-state index < -0.39 is 0 Å². The molecule has 0 spiro atoms. The Kier molecular flexibility index (Phi) is 3.11. The lowest BCUT2D eigenvalue weighted by atomic mass is 10.0. The maximum Gasteiger partial charge on any atom is 0.152 e. The maximum atomic E-state index is 11.5. The smallest absolute Gasteiger partial charge is 0.152 e. The van der Waals surface area contributed by atoms with Gasteiger partial charge in [0.25, 0.3) is 0 Å². The molecule has 0 aliphatic heterocycles. The van der Waals surface area contributed by atoms with Gasteiger partial charge in [0.2, 0.25) is 0 Å². The zero-order valence-corrected chi connectivity index (χ0v) is 12.1. The van der Waals surface area contributed by atoms with Gasteiger partial charge in [0.05, 0.1) is 11.2 Å². The van der Waals surface area contributed by atoms with Crippen LogP contribution >= 0.6 is 11.6 Å². The van der Waals surface area contributed by atoms with Crippen molar-refractivity contribution in [3.05, 3.63) is 58.1 Å². The Bertz CT molecular complexity index is 817. The van der Waals surface area contributed by atoms with Gasteiger partial charge in [-0.15, -0.1) is 0 Å². The average Bonchev–Trinajstić information content (AvgIpc) is 2.82. The molecule has 1 aromatic heterocycles. The Morgan fingerprint density at radius 1 is 1.10 bits per heavy atom. The van der Waals surface area contributed by atoms with Crippen molar-refractivity contribution in [3.63, 3.8) is 0 Å². The molecule has 0 aliphatic carbocycles. The topological polar surface area (TPSA) is 32.9 Å². The second kappa shape index (κ2) is 4.80. The van der Waals surface area contributed by atoms with Gasteiger partial charge in [0.15, 0.2) is 6.29 Å². The van der Waals surface area contributed by atoms with E-state index in [2.05, 4.69) is 4.98 Å². The molecule has 0 bridgehead atoms. The van der Waals surface area contributed by atoms with Crippen molar-refractivity contribution in [2.24, 2.45) is 0 Å². The highest BCUT2D eigenvalue weighted by Gasteiger charge is 2.16. The van der Waals surface area contributed by atoms with Crippen LogP contribution in [0.15, 0.2) is 36.4 Å². The second-order valence-corrected chi connectivity index (χ2v) is 5.35. The lowest BCUT2D eigenvalue weighted by Gasteiger charge is -2.03. The number of H-pyrrole nitrogens is 1. The molecule has 0 unspecified atom stereocenters. The number of hydrogen-bond acceptors (Lipinski definition) is 1. The summed E-state index contributed by atoms with van der Waals surface area (Å²) >= 11 is 6.16. The molecule has 3 heteroatoms. The number of nitrogens with one attached hydrogen (secondary N) is 1. The molecule has 20 heavy (non-hydrogen) atoms. The van der Waals surface area contributed by atoms with E-state index >= 15 is 0 Å². The molecule has 2 nitrogen and oxygen atoms in total. The van der Waals surface area contributed by atoms with Crippen molar-refractivity contribution >= 4 is 28.8 Å². The van der Waals surface area contributed by atoms with E-state index in [1.54, 1.807) is 0 Å². The molecule has 2 aromatic carbocycles. The number of aromatic amines is 1. The standard InChI is InChI=1S/C17H14ClNO/c1-10-5-3-4-6-12(10)17-14(9-20)13-7-8-15(18)11(2)16(13)19-17/h3-9,19H,1-2H3. The number of aldehydes is 1. The van der Waals surface area contributed by atoms with E-state index in [1.807, 2.05) is 50.2 Å². The fourth-order valence-corrected chi connectivity index (χ4v) is 2.74. The van der Waals surface area contributed by atoms with Crippen LogP contribution in [-0.2, 0) is 0 Å². The highest BCUT2D eigenvalue weighted by atomic mass is 35.5. The summed E-state index contributed by atoms with van der Waals surface area (Å²) in [4.78, 5) is 14.9. The summed E-state index contributed by atoms with van der Waals surface area (Å²) in [6.45, 7) is 3.99. The fourth-order valence-electron chi connectivity index (χ4n) is 2.59. The normalized spacial score (nSPS) is 10.9. The van der Waals surface area contributed by atoms with E-state index in [0.29, 0.717) is 10.6 Å². The molecule has 0 saturated carbocycles. The zero-order valence-electron chi connectivity index (χ0n) is 11.3. The lowest BCUT2D eigenvalue weighted by molar-refractivity contribution is 0.112. The van der Waals surface area contributed by atoms with Crippen LogP contribution in [0.2, 0.25) is 5.02 Å². The Hall–Kier alpha value is -2.06. The molecule has 0 radical (unpaired) electrons. The van der Waals surface area contributed by atoms with Crippen molar-refractivity contribution in [1.29, 1.82) is 0 Å². The van der Waals surface area contributed by atoms with Gasteiger partial charge in [-0.2, -0.15) is 0 Å².